The minimum absolute atomic E-state index is 0.422. The lowest BCUT2D eigenvalue weighted by Gasteiger charge is -2.28. The third-order valence-electron chi connectivity index (χ3n) is 2.69. The second-order valence-electron chi connectivity index (χ2n) is 3.86. The van der Waals surface area contributed by atoms with Gasteiger partial charge in [-0.1, -0.05) is 0 Å². The van der Waals surface area contributed by atoms with Crippen LogP contribution >= 0.6 is 0 Å². The zero-order valence-corrected chi connectivity index (χ0v) is 8.98. The molecule has 0 radical (unpaired) electrons. The van der Waals surface area contributed by atoms with E-state index in [1.807, 2.05) is 12.1 Å². The number of hydrogen-bond acceptors (Lipinski definition) is 4. The second-order valence-corrected chi connectivity index (χ2v) is 3.86. The number of piperazine rings is 1. The summed E-state index contributed by atoms with van der Waals surface area (Å²) in [5.74, 6) is 0.968. The zero-order chi connectivity index (χ0) is 10.7. The van der Waals surface area contributed by atoms with Crippen molar-refractivity contribution in [3.8, 4) is 0 Å². The molecule has 1 aliphatic rings. The van der Waals surface area contributed by atoms with Crippen molar-refractivity contribution in [3.63, 3.8) is 0 Å². The average molecular weight is 207 g/mol. The minimum Gasteiger partial charge on any atom is -0.389 e. The van der Waals surface area contributed by atoms with Gasteiger partial charge >= 0.3 is 0 Å². The number of hydrogen-bond donors (Lipinski definition) is 2. The van der Waals surface area contributed by atoms with Crippen molar-refractivity contribution in [1.29, 1.82) is 0 Å². The molecule has 0 spiro atoms. The van der Waals surface area contributed by atoms with Crippen molar-refractivity contribution in [2.24, 2.45) is 0 Å². The molecule has 4 nitrogen and oxygen atoms in total. The van der Waals surface area contributed by atoms with Gasteiger partial charge in [0.25, 0.3) is 0 Å². The fourth-order valence-corrected chi connectivity index (χ4v) is 1.76. The number of anilines is 1. The second kappa shape index (κ2) is 4.59. The first-order valence-corrected chi connectivity index (χ1v) is 5.37. The van der Waals surface area contributed by atoms with Crippen molar-refractivity contribution in [2.75, 3.05) is 31.1 Å². The highest BCUT2D eigenvalue weighted by atomic mass is 16.3. The van der Waals surface area contributed by atoms with Crippen molar-refractivity contribution in [3.05, 3.63) is 23.9 Å². The Balaban J connectivity index is 2.16. The third-order valence-corrected chi connectivity index (χ3v) is 2.69. The molecule has 2 heterocycles. The van der Waals surface area contributed by atoms with E-state index in [-0.39, 0.29) is 0 Å². The van der Waals surface area contributed by atoms with E-state index < -0.39 is 6.10 Å². The maximum atomic E-state index is 9.49. The van der Waals surface area contributed by atoms with Gasteiger partial charge in [-0.3, -0.25) is 0 Å². The average Bonchev–Trinajstić information content (AvgIpc) is 2.30. The molecule has 0 saturated carbocycles. The summed E-state index contributed by atoms with van der Waals surface area (Å²) in [6.07, 6.45) is 1.34. The number of nitrogens with one attached hydrogen (secondary N) is 1. The molecule has 2 rings (SSSR count). The molecule has 2 N–H and O–H groups in total. The predicted molar refractivity (Wildman–Crippen MR) is 60.0 cm³/mol. The molecule has 0 unspecified atom stereocenters. The van der Waals surface area contributed by atoms with Crippen LogP contribution in [0.2, 0.25) is 0 Å². The Kier molecular flexibility index (Phi) is 3.18. The first-order valence-electron chi connectivity index (χ1n) is 5.37. The van der Waals surface area contributed by atoms with Crippen LogP contribution in [0.15, 0.2) is 18.3 Å². The molecule has 1 aromatic rings. The van der Waals surface area contributed by atoms with Gasteiger partial charge in [-0.2, -0.15) is 0 Å². The Morgan fingerprint density at radius 3 is 2.87 bits per heavy atom. The molecule has 0 aliphatic carbocycles. The summed E-state index contributed by atoms with van der Waals surface area (Å²) in [7, 11) is 0. The minimum atomic E-state index is -0.422. The van der Waals surface area contributed by atoms with Gasteiger partial charge < -0.3 is 15.3 Å². The highest BCUT2D eigenvalue weighted by molar-refractivity contribution is 5.42. The summed E-state index contributed by atoms with van der Waals surface area (Å²) in [4.78, 5) is 6.57. The normalized spacial score (nSPS) is 18.9. The van der Waals surface area contributed by atoms with Gasteiger partial charge in [-0.15, -0.1) is 0 Å². The lowest BCUT2D eigenvalue weighted by Crippen LogP contribution is -2.43. The highest BCUT2D eigenvalue weighted by Crippen LogP contribution is 2.17. The van der Waals surface area contributed by atoms with Gasteiger partial charge in [-0.05, 0) is 24.6 Å². The lowest BCUT2D eigenvalue weighted by molar-refractivity contribution is 0.199. The lowest BCUT2D eigenvalue weighted by atomic mass is 10.1. The molecular formula is C11H17N3O. The standard InChI is InChI=1S/C11H17N3O/c1-9(15)10-2-3-13-11(8-10)14-6-4-12-5-7-14/h2-3,8-9,12,15H,4-7H2,1H3/t9-/m0/s1. The van der Waals surface area contributed by atoms with Crippen LogP contribution in [0, 0.1) is 0 Å². The first kappa shape index (κ1) is 10.4. The molecule has 1 aliphatic heterocycles. The van der Waals surface area contributed by atoms with Gasteiger partial charge in [0.1, 0.15) is 5.82 Å². The number of rotatable bonds is 2. The van der Waals surface area contributed by atoms with Gasteiger partial charge in [0.15, 0.2) is 0 Å². The van der Waals surface area contributed by atoms with E-state index in [9.17, 15) is 5.11 Å². The van der Waals surface area contributed by atoms with Crippen molar-refractivity contribution >= 4 is 5.82 Å². The number of aromatic nitrogens is 1. The van der Waals surface area contributed by atoms with E-state index in [0.717, 1.165) is 37.6 Å². The van der Waals surface area contributed by atoms with Crippen LogP contribution in [0.25, 0.3) is 0 Å². The van der Waals surface area contributed by atoms with Crippen molar-refractivity contribution in [1.82, 2.24) is 10.3 Å². The number of nitrogens with zero attached hydrogens (tertiary/aromatic N) is 2. The van der Waals surface area contributed by atoms with Crippen LogP contribution in [-0.4, -0.2) is 36.3 Å². The molecule has 0 amide bonds. The van der Waals surface area contributed by atoms with Crippen molar-refractivity contribution < 1.29 is 5.11 Å². The molecule has 0 aromatic carbocycles. The molecule has 1 atom stereocenters. The van der Waals surface area contributed by atoms with E-state index in [2.05, 4.69) is 15.2 Å². The molecule has 1 fully saturated rings. The van der Waals surface area contributed by atoms with E-state index in [1.54, 1.807) is 13.1 Å². The maximum absolute atomic E-state index is 9.49. The number of aliphatic hydroxyl groups excluding tert-OH is 1. The fourth-order valence-electron chi connectivity index (χ4n) is 1.76. The Morgan fingerprint density at radius 1 is 1.47 bits per heavy atom. The Bertz CT molecular complexity index is 321. The van der Waals surface area contributed by atoms with Crippen LogP contribution in [0.5, 0.6) is 0 Å². The Morgan fingerprint density at radius 2 is 2.20 bits per heavy atom. The molecule has 15 heavy (non-hydrogen) atoms. The Hall–Kier alpha value is -1.13. The van der Waals surface area contributed by atoms with Gasteiger partial charge in [0.05, 0.1) is 6.10 Å². The summed E-state index contributed by atoms with van der Waals surface area (Å²) in [6, 6.07) is 3.83. The van der Waals surface area contributed by atoms with Crippen LogP contribution < -0.4 is 10.2 Å². The van der Waals surface area contributed by atoms with E-state index >= 15 is 0 Å². The molecule has 82 valence electrons. The van der Waals surface area contributed by atoms with E-state index in [0.29, 0.717) is 0 Å². The SMILES string of the molecule is C[C@H](O)c1ccnc(N2CCNCC2)c1. The third kappa shape index (κ3) is 2.46. The van der Waals surface area contributed by atoms with Crippen LogP contribution in [0.1, 0.15) is 18.6 Å². The van der Waals surface area contributed by atoms with E-state index in [4.69, 9.17) is 0 Å². The van der Waals surface area contributed by atoms with Crippen LogP contribution in [0.3, 0.4) is 0 Å². The summed E-state index contributed by atoms with van der Waals surface area (Å²) < 4.78 is 0. The van der Waals surface area contributed by atoms with E-state index in [1.165, 1.54) is 0 Å². The summed E-state index contributed by atoms with van der Waals surface area (Å²) >= 11 is 0. The van der Waals surface area contributed by atoms with Gasteiger partial charge in [0.2, 0.25) is 0 Å². The molecular weight excluding hydrogens is 190 g/mol. The summed E-state index contributed by atoms with van der Waals surface area (Å²) in [5, 5.41) is 12.8. The quantitative estimate of drug-likeness (QED) is 0.743. The molecule has 0 bridgehead atoms. The van der Waals surface area contributed by atoms with Crippen LogP contribution in [0.4, 0.5) is 5.82 Å². The Labute approximate surface area is 89.9 Å². The predicted octanol–water partition coefficient (Wildman–Crippen LogP) is 0.544. The maximum Gasteiger partial charge on any atom is 0.128 e. The summed E-state index contributed by atoms with van der Waals surface area (Å²) in [6.45, 7) is 5.74. The number of aliphatic hydroxyl groups is 1. The van der Waals surface area contributed by atoms with Crippen LogP contribution in [-0.2, 0) is 0 Å². The zero-order valence-electron chi connectivity index (χ0n) is 8.98. The fraction of sp³-hybridized carbons (Fsp3) is 0.545. The topological polar surface area (TPSA) is 48.4 Å². The van der Waals surface area contributed by atoms with Gasteiger partial charge in [-0.25, -0.2) is 4.98 Å². The number of pyridine rings is 1. The smallest absolute Gasteiger partial charge is 0.128 e. The molecule has 4 heteroatoms. The molecule has 1 aromatic heterocycles. The highest BCUT2D eigenvalue weighted by Gasteiger charge is 2.12. The van der Waals surface area contributed by atoms with Gasteiger partial charge in [0, 0.05) is 32.4 Å². The van der Waals surface area contributed by atoms with Crippen molar-refractivity contribution in [2.45, 2.75) is 13.0 Å². The molecule has 1 saturated heterocycles. The largest absolute Gasteiger partial charge is 0.389 e. The first-order chi connectivity index (χ1) is 7.27. The monoisotopic (exact) mass is 207 g/mol. The summed E-state index contributed by atoms with van der Waals surface area (Å²) in [5.41, 5.74) is 0.929.